The highest BCUT2D eigenvalue weighted by atomic mass is 19.3. The van der Waals surface area contributed by atoms with Crippen molar-refractivity contribution in [3.8, 4) is 6.07 Å². The molecule has 1 amide bonds. The lowest BCUT2D eigenvalue weighted by atomic mass is 9.84. The van der Waals surface area contributed by atoms with E-state index in [0.717, 1.165) is 24.8 Å². The van der Waals surface area contributed by atoms with Gasteiger partial charge in [0.15, 0.2) is 0 Å². The summed E-state index contributed by atoms with van der Waals surface area (Å²) in [5.74, 6) is -0.458. The van der Waals surface area contributed by atoms with Gasteiger partial charge in [-0.1, -0.05) is 6.42 Å². The third-order valence-corrected chi connectivity index (χ3v) is 5.21. The van der Waals surface area contributed by atoms with Gasteiger partial charge in [-0.15, -0.1) is 0 Å². The Morgan fingerprint density at radius 3 is 2.87 bits per heavy atom. The van der Waals surface area contributed by atoms with Gasteiger partial charge in [0.05, 0.1) is 11.6 Å². The molecule has 4 nitrogen and oxygen atoms in total. The van der Waals surface area contributed by atoms with Crippen LogP contribution in [0.3, 0.4) is 0 Å². The van der Waals surface area contributed by atoms with Gasteiger partial charge in [-0.3, -0.25) is 9.78 Å². The van der Waals surface area contributed by atoms with Crippen LogP contribution in [-0.2, 0) is 4.79 Å². The number of hydrogen-bond donors (Lipinski definition) is 0. The van der Waals surface area contributed by atoms with Crippen LogP contribution in [0, 0.1) is 16.7 Å². The predicted molar refractivity (Wildman–Crippen MR) is 79.5 cm³/mol. The largest absolute Gasteiger partial charge is 0.332 e. The van der Waals surface area contributed by atoms with Gasteiger partial charge in [-0.05, 0) is 44.2 Å². The van der Waals surface area contributed by atoms with E-state index in [4.69, 9.17) is 5.26 Å². The highest BCUT2D eigenvalue weighted by molar-refractivity contribution is 5.84. The van der Waals surface area contributed by atoms with Gasteiger partial charge in [-0.2, -0.15) is 5.26 Å². The van der Waals surface area contributed by atoms with Gasteiger partial charge >= 0.3 is 0 Å². The van der Waals surface area contributed by atoms with Crippen molar-refractivity contribution < 1.29 is 13.6 Å². The standard InChI is InChI=1S/C17H19F2N3O/c1-17(15(18)19)6-2-3-13-4-5-14(22(13)16(17)23)12-7-11(8-20)9-21-10-12/h7,9-10,13-15H,2-6H2,1H3/t13?,14-,17?/m1/s1. The molecule has 2 aliphatic rings. The second kappa shape index (κ2) is 5.88. The van der Waals surface area contributed by atoms with Crippen LogP contribution in [0.5, 0.6) is 0 Å². The van der Waals surface area contributed by atoms with Crippen molar-refractivity contribution in [1.29, 1.82) is 5.26 Å². The van der Waals surface area contributed by atoms with Crippen LogP contribution in [-0.4, -0.2) is 28.3 Å². The summed E-state index contributed by atoms with van der Waals surface area (Å²) < 4.78 is 27.1. The third kappa shape index (κ3) is 2.58. The van der Waals surface area contributed by atoms with Gasteiger partial charge in [-0.25, -0.2) is 8.78 Å². The molecule has 0 aliphatic carbocycles. The fourth-order valence-electron chi connectivity index (χ4n) is 3.81. The number of halogens is 2. The molecule has 0 aromatic carbocycles. The molecule has 0 N–H and O–H groups in total. The molecule has 122 valence electrons. The molecule has 2 aliphatic heterocycles. The van der Waals surface area contributed by atoms with Crippen LogP contribution in [0.4, 0.5) is 8.78 Å². The van der Waals surface area contributed by atoms with Crippen molar-refractivity contribution in [2.75, 3.05) is 0 Å². The van der Waals surface area contributed by atoms with Crippen LogP contribution in [0.15, 0.2) is 18.5 Å². The van der Waals surface area contributed by atoms with Crippen molar-refractivity contribution in [2.45, 2.75) is 57.5 Å². The molecular formula is C17H19F2N3O. The van der Waals surface area contributed by atoms with E-state index < -0.39 is 17.7 Å². The molecule has 6 heteroatoms. The lowest BCUT2D eigenvalue weighted by Crippen LogP contribution is -2.47. The monoisotopic (exact) mass is 319 g/mol. The molecular weight excluding hydrogens is 300 g/mol. The minimum Gasteiger partial charge on any atom is -0.332 e. The average molecular weight is 319 g/mol. The molecule has 2 saturated heterocycles. The molecule has 2 fully saturated rings. The van der Waals surface area contributed by atoms with Crippen LogP contribution in [0.2, 0.25) is 0 Å². The summed E-state index contributed by atoms with van der Waals surface area (Å²) in [4.78, 5) is 18.6. The van der Waals surface area contributed by atoms with E-state index in [1.54, 1.807) is 17.2 Å². The van der Waals surface area contributed by atoms with E-state index in [2.05, 4.69) is 4.98 Å². The Morgan fingerprint density at radius 2 is 2.17 bits per heavy atom. The van der Waals surface area contributed by atoms with Crippen LogP contribution < -0.4 is 0 Å². The molecule has 2 unspecified atom stereocenters. The molecule has 0 spiro atoms. The Labute approximate surface area is 134 Å². The van der Waals surface area contributed by atoms with Crippen molar-refractivity contribution in [3.63, 3.8) is 0 Å². The van der Waals surface area contributed by atoms with Gasteiger partial charge in [0.1, 0.15) is 11.5 Å². The Balaban J connectivity index is 1.98. The average Bonchev–Trinajstić information content (AvgIpc) is 2.92. The SMILES string of the molecule is CC1(C(F)F)CCCC2CC[C@H](c3cncc(C#N)c3)N2C1=O. The number of fused-ring (bicyclic) bond motifs is 1. The number of pyridine rings is 1. The third-order valence-electron chi connectivity index (χ3n) is 5.21. The van der Waals surface area contributed by atoms with E-state index >= 15 is 0 Å². The van der Waals surface area contributed by atoms with Gasteiger partial charge in [0, 0.05) is 18.4 Å². The molecule has 23 heavy (non-hydrogen) atoms. The van der Waals surface area contributed by atoms with Gasteiger partial charge in [0.2, 0.25) is 5.91 Å². The summed E-state index contributed by atoms with van der Waals surface area (Å²) in [7, 11) is 0. The Morgan fingerprint density at radius 1 is 1.39 bits per heavy atom. The van der Waals surface area contributed by atoms with E-state index in [-0.39, 0.29) is 18.5 Å². The number of carbonyl (C=O) groups excluding carboxylic acids is 1. The lowest BCUT2D eigenvalue weighted by Gasteiger charge is -2.35. The Bertz CT molecular complexity index is 657. The van der Waals surface area contributed by atoms with Gasteiger partial charge in [0.25, 0.3) is 6.43 Å². The minimum atomic E-state index is -2.67. The number of nitrogens with zero attached hydrogens (tertiary/aromatic N) is 3. The van der Waals surface area contributed by atoms with Crippen LogP contribution in [0.25, 0.3) is 0 Å². The first-order valence-electron chi connectivity index (χ1n) is 7.93. The molecule has 0 saturated carbocycles. The summed E-state index contributed by atoms with van der Waals surface area (Å²) in [6.45, 7) is 1.38. The van der Waals surface area contributed by atoms with E-state index in [1.165, 1.54) is 13.1 Å². The summed E-state index contributed by atoms with van der Waals surface area (Å²) in [6.07, 6.45) is 3.58. The number of rotatable bonds is 2. The first-order valence-corrected chi connectivity index (χ1v) is 7.93. The predicted octanol–water partition coefficient (Wildman–Crippen LogP) is 3.44. The number of amides is 1. The first kappa shape index (κ1) is 15.9. The van der Waals surface area contributed by atoms with Crippen LogP contribution in [0.1, 0.15) is 56.2 Å². The van der Waals surface area contributed by atoms with E-state index in [9.17, 15) is 13.6 Å². The molecule has 3 rings (SSSR count). The minimum absolute atomic E-state index is 0.0128. The number of nitriles is 1. The van der Waals surface area contributed by atoms with Gasteiger partial charge < -0.3 is 4.90 Å². The lowest BCUT2D eigenvalue weighted by molar-refractivity contribution is -0.152. The number of carbonyl (C=O) groups is 1. The zero-order chi connectivity index (χ0) is 16.6. The topological polar surface area (TPSA) is 57.0 Å². The normalized spacial score (nSPS) is 30.9. The molecule has 1 aromatic rings. The Hall–Kier alpha value is -2.03. The van der Waals surface area contributed by atoms with Crippen molar-refractivity contribution in [2.24, 2.45) is 5.41 Å². The molecule has 1 aromatic heterocycles. The summed E-state index contributed by atoms with van der Waals surface area (Å²) in [5, 5.41) is 9.02. The highest BCUT2D eigenvalue weighted by Crippen LogP contribution is 2.46. The maximum atomic E-state index is 13.5. The molecule has 3 atom stereocenters. The number of aromatic nitrogens is 1. The van der Waals surface area contributed by atoms with E-state index in [0.29, 0.717) is 12.0 Å². The molecule has 0 bridgehead atoms. The molecule has 3 heterocycles. The number of alkyl halides is 2. The highest BCUT2D eigenvalue weighted by Gasteiger charge is 2.51. The van der Waals surface area contributed by atoms with Crippen molar-refractivity contribution in [1.82, 2.24) is 9.88 Å². The zero-order valence-electron chi connectivity index (χ0n) is 13.0. The summed E-state index contributed by atoms with van der Waals surface area (Å²) in [5.41, 5.74) is -0.430. The fourth-order valence-corrected chi connectivity index (χ4v) is 3.81. The maximum absolute atomic E-state index is 13.5. The summed E-state index contributed by atoms with van der Waals surface area (Å²) in [6, 6.07) is 3.49. The quantitative estimate of drug-likeness (QED) is 0.839. The van der Waals surface area contributed by atoms with Crippen LogP contribution >= 0.6 is 0 Å². The van der Waals surface area contributed by atoms with Crippen molar-refractivity contribution >= 4 is 5.91 Å². The fraction of sp³-hybridized carbons (Fsp3) is 0.588. The first-order chi connectivity index (χ1) is 11.0. The zero-order valence-corrected chi connectivity index (χ0v) is 13.0. The number of hydrogen-bond acceptors (Lipinski definition) is 3. The Kier molecular flexibility index (Phi) is 4.05. The maximum Gasteiger partial charge on any atom is 0.252 e. The van der Waals surface area contributed by atoms with E-state index in [1.807, 2.05) is 6.07 Å². The smallest absolute Gasteiger partial charge is 0.252 e. The molecule has 0 radical (unpaired) electrons. The van der Waals surface area contributed by atoms with Crippen molar-refractivity contribution in [3.05, 3.63) is 29.6 Å². The second-order valence-electron chi connectivity index (χ2n) is 6.69. The second-order valence-corrected chi connectivity index (χ2v) is 6.69. The summed E-state index contributed by atoms with van der Waals surface area (Å²) >= 11 is 0.